The summed E-state index contributed by atoms with van der Waals surface area (Å²) in [5, 5.41) is 21.6. The molecule has 0 radical (unpaired) electrons. The maximum Gasteiger partial charge on any atom is 0.325 e. The highest BCUT2D eigenvalue weighted by molar-refractivity contribution is 5.74. The Labute approximate surface area is 110 Å². The molecule has 0 aliphatic heterocycles. The molecule has 2 amide bonds. The third-order valence-electron chi connectivity index (χ3n) is 3.19. The van der Waals surface area contributed by atoms with Crippen LogP contribution in [0.15, 0.2) is 6.20 Å². The Morgan fingerprint density at radius 3 is 2.84 bits per heavy atom. The Balaban J connectivity index is 1.76. The Morgan fingerprint density at radius 2 is 2.26 bits per heavy atom. The summed E-state index contributed by atoms with van der Waals surface area (Å²) >= 11 is 0. The number of nitrogens with one attached hydrogen (secondary N) is 2. The maximum absolute atomic E-state index is 11.6. The number of aliphatic carboxylic acids is 1. The molecule has 8 heteroatoms. The Morgan fingerprint density at radius 1 is 1.53 bits per heavy atom. The molecule has 0 atom stereocenters. The van der Waals surface area contributed by atoms with Crippen LogP contribution in [-0.2, 0) is 17.9 Å². The Bertz CT molecular complexity index is 480. The molecule has 0 aromatic carbocycles. The van der Waals surface area contributed by atoms with Crippen molar-refractivity contribution in [3.05, 3.63) is 11.9 Å². The van der Waals surface area contributed by atoms with E-state index in [4.69, 9.17) is 5.11 Å². The van der Waals surface area contributed by atoms with Gasteiger partial charge in [0, 0.05) is 5.54 Å². The van der Waals surface area contributed by atoms with Crippen molar-refractivity contribution in [2.24, 2.45) is 0 Å². The number of aromatic nitrogens is 3. The van der Waals surface area contributed by atoms with Gasteiger partial charge in [0.05, 0.1) is 12.7 Å². The van der Waals surface area contributed by atoms with Crippen molar-refractivity contribution in [1.82, 2.24) is 25.6 Å². The van der Waals surface area contributed by atoms with Crippen LogP contribution >= 0.6 is 0 Å². The first-order valence-electron chi connectivity index (χ1n) is 6.14. The molecule has 104 valence electrons. The highest BCUT2D eigenvalue weighted by Crippen LogP contribution is 2.30. The molecule has 1 heterocycles. The van der Waals surface area contributed by atoms with Crippen molar-refractivity contribution < 1.29 is 14.7 Å². The quantitative estimate of drug-likeness (QED) is 0.701. The molecule has 1 aromatic rings. The zero-order chi connectivity index (χ0) is 13.9. The van der Waals surface area contributed by atoms with Gasteiger partial charge in [0.15, 0.2) is 0 Å². The molecule has 1 aliphatic carbocycles. The molecule has 0 spiro atoms. The second-order valence-corrected chi connectivity index (χ2v) is 5.02. The molecular weight excluding hydrogens is 250 g/mol. The maximum atomic E-state index is 11.6. The summed E-state index contributed by atoms with van der Waals surface area (Å²) in [6.07, 6.45) is 4.63. The van der Waals surface area contributed by atoms with Crippen LogP contribution in [0.25, 0.3) is 0 Å². The average Bonchev–Trinajstić information content (AvgIpc) is 2.71. The number of nitrogens with zero attached hydrogens (tertiary/aromatic N) is 3. The van der Waals surface area contributed by atoms with E-state index >= 15 is 0 Å². The minimum Gasteiger partial charge on any atom is -0.480 e. The lowest BCUT2D eigenvalue weighted by Gasteiger charge is -2.38. The van der Waals surface area contributed by atoms with Crippen LogP contribution in [0.2, 0.25) is 0 Å². The van der Waals surface area contributed by atoms with Crippen molar-refractivity contribution in [2.75, 3.05) is 0 Å². The van der Waals surface area contributed by atoms with Crippen molar-refractivity contribution in [3.8, 4) is 0 Å². The number of hydrogen-bond donors (Lipinski definition) is 3. The van der Waals surface area contributed by atoms with E-state index < -0.39 is 5.97 Å². The molecule has 0 unspecified atom stereocenters. The zero-order valence-corrected chi connectivity index (χ0v) is 10.7. The highest BCUT2D eigenvalue weighted by Gasteiger charge is 2.32. The number of carbonyl (C=O) groups is 2. The monoisotopic (exact) mass is 267 g/mol. The van der Waals surface area contributed by atoms with E-state index in [0.29, 0.717) is 5.69 Å². The fraction of sp³-hybridized carbons (Fsp3) is 0.636. The lowest BCUT2D eigenvalue weighted by molar-refractivity contribution is -0.137. The third kappa shape index (κ3) is 3.67. The van der Waals surface area contributed by atoms with Crippen LogP contribution in [0, 0.1) is 0 Å². The molecule has 0 bridgehead atoms. The average molecular weight is 267 g/mol. The molecule has 2 rings (SSSR count). The van der Waals surface area contributed by atoms with Gasteiger partial charge in [-0.1, -0.05) is 5.21 Å². The largest absolute Gasteiger partial charge is 0.480 e. The number of urea groups is 1. The van der Waals surface area contributed by atoms with Crippen LogP contribution < -0.4 is 10.6 Å². The van der Waals surface area contributed by atoms with E-state index in [1.165, 1.54) is 10.9 Å². The van der Waals surface area contributed by atoms with Gasteiger partial charge in [0.2, 0.25) is 0 Å². The summed E-state index contributed by atoms with van der Waals surface area (Å²) in [5.74, 6) is -0.986. The minimum atomic E-state index is -0.986. The van der Waals surface area contributed by atoms with E-state index in [2.05, 4.69) is 20.9 Å². The van der Waals surface area contributed by atoms with Crippen molar-refractivity contribution >= 4 is 12.0 Å². The number of carbonyl (C=O) groups excluding carboxylic acids is 1. The number of amides is 2. The summed E-state index contributed by atoms with van der Waals surface area (Å²) in [6, 6.07) is -0.241. The van der Waals surface area contributed by atoms with E-state index in [1.807, 2.05) is 6.92 Å². The molecular formula is C11H17N5O3. The Hall–Kier alpha value is -2.12. The van der Waals surface area contributed by atoms with Gasteiger partial charge in [-0.15, -0.1) is 5.10 Å². The fourth-order valence-corrected chi connectivity index (χ4v) is 1.96. The first-order chi connectivity index (χ1) is 8.97. The third-order valence-corrected chi connectivity index (χ3v) is 3.19. The van der Waals surface area contributed by atoms with Gasteiger partial charge in [-0.05, 0) is 26.2 Å². The first-order valence-corrected chi connectivity index (χ1v) is 6.14. The lowest BCUT2D eigenvalue weighted by Crippen LogP contribution is -2.54. The topological polar surface area (TPSA) is 109 Å². The second kappa shape index (κ2) is 5.25. The molecule has 1 fully saturated rings. The van der Waals surface area contributed by atoms with Gasteiger partial charge < -0.3 is 15.7 Å². The van der Waals surface area contributed by atoms with Crippen LogP contribution in [0.1, 0.15) is 31.9 Å². The highest BCUT2D eigenvalue weighted by atomic mass is 16.4. The second-order valence-electron chi connectivity index (χ2n) is 5.02. The van der Waals surface area contributed by atoms with Crippen LogP contribution in [0.5, 0.6) is 0 Å². The van der Waals surface area contributed by atoms with Crippen LogP contribution in [-0.4, -0.2) is 37.6 Å². The van der Waals surface area contributed by atoms with Gasteiger partial charge in [0.25, 0.3) is 0 Å². The van der Waals surface area contributed by atoms with Gasteiger partial charge >= 0.3 is 12.0 Å². The van der Waals surface area contributed by atoms with Gasteiger partial charge in [-0.3, -0.25) is 4.79 Å². The molecule has 1 aliphatic rings. The van der Waals surface area contributed by atoms with Crippen LogP contribution in [0.3, 0.4) is 0 Å². The predicted molar refractivity (Wildman–Crippen MR) is 65.3 cm³/mol. The van der Waals surface area contributed by atoms with Gasteiger partial charge in [-0.2, -0.15) is 0 Å². The van der Waals surface area contributed by atoms with Crippen molar-refractivity contribution in [3.63, 3.8) is 0 Å². The van der Waals surface area contributed by atoms with Gasteiger partial charge in [-0.25, -0.2) is 9.48 Å². The predicted octanol–water partition coefficient (Wildman–Crippen LogP) is 0.104. The summed E-state index contributed by atoms with van der Waals surface area (Å²) < 4.78 is 1.21. The van der Waals surface area contributed by atoms with Crippen LogP contribution in [0.4, 0.5) is 4.79 Å². The summed E-state index contributed by atoms with van der Waals surface area (Å²) in [7, 11) is 0. The molecule has 0 saturated heterocycles. The minimum absolute atomic E-state index is 0.0923. The molecule has 1 aromatic heterocycles. The smallest absolute Gasteiger partial charge is 0.325 e. The van der Waals surface area contributed by atoms with Crippen molar-refractivity contribution in [1.29, 1.82) is 0 Å². The number of carboxylic acid groups (broad SMARTS) is 1. The normalized spacial score (nSPS) is 16.5. The summed E-state index contributed by atoms with van der Waals surface area (Å²) in [5.41, 5.74) is 0.431. The number of hydrogen-bond acceptors (Lipinski definition) is 4. The number of carboxylic acids is 1. The van der Waals surface area contributed by atoms with E-state index in [9.17, 15) is 9.59 Å². The molecule has 3 N–H and O–H groups in total. The van der Waals surface area contributed by atoms with Gasteiger partial charge in [0.1, 0.15) is 12.2 Å². The van der Waals surface area contributed by atoms with E-state index in [-0.39, 0.29) is 24.7 Å². The van der Waals surface area contributed by atoms with E-state index in [1.54, 1.807) is 0 Å². The Kier molecular flexibility index (Phi) is 3.68. The molecule has 8 nitrogen and oxygen atoms in total. The fourth-order valence-electron chi connectivity index (χ4n) is 1.96. The first kappa shape index (κ1) is 13.3. The number of rotatable bonds is 5. The standard InChI is InChI=1S/C11H17N5O3/c1-11(3-2-4-11)13-10(19)12-5-8-6-16(15-14-8)7-9(17)18/h6H,2-5,7H2,1H3,(H,17,18)(H2,12,13,19). The molecule has 19 heavy (non-hydrogen) atoms. The zero-order valence-electron chi connectivity index (χ0n) is 10.7. The van der Waals surface area contributed by atoms with E-state index in [0.717, 1.165) is 19.3 Å². The summed E-state index contributed by atoms with van der Waals surface area (Å²) in [6.45, 7) is 2.00. The summed E-state index contributed by atoms with van der Waals surface area (Å²) in [4.78, 5) is 22.1. The molecule has 1 saturated carbocycles. The SMILES string of the molecule is CC1(NC(=O)NCc2cn(CC(=O)O)nn2)CCC1. The lowest BCUT2D eigenvalue weighted by atomic mass is 9.79. The van der Waals surface area contributed by atoms with Crippen molar-refractivity contribution in [2.45, 2.75) is 44.8 Å².